The molecule has 35 heavy (non-hydrogen) atoms. The molecule has 0 aliphatic carbocycles. The van der Waals surface area contributed by atoms with E-state index in [0.29, 0.717) is 42.1 Å². The molecule has 0 bridgehead atoms. The van der Waals surface area contributed by atoms with Crippen LogP contribution >= 0.6 is 0 Å². The van der Waals surface area contributed by atoms with Crippen LogP contribution in [-0.4, -0.2) is 37.2 Å². The number of amides is 1. The number of carbonyl (C=O) groups excluding carboxylic acids is 2. The molecule has 0 spiro atoms. The Balaban J connectivity index is 1.57. The van der Waals surface area contributed by atoms with Gasteiger partial charge in [0.25, 0.3) is 5.91 Å². The van der Waals surface area contributed by atoms with E-state index in [0.717, 1.165) is 16.5 Å². The highest BCUT2D eigenvalue weighted by atomic mass is 16.5. The lowest BCUT2D eigenvalue weighted by molar-refractivity contribution is -0.143. The highest BCUT2D eigenvalue weighted by Gasteiger charge is 2.18. The van der Waals surface area contributed by atoms with Crippen molar-refractivity contribution in [1.82, 2.24) is 4.98 Å². The number of pyridine rings is 1. The molecule has 4 rings (SSSR count). The van der Waals surface area contributed by atoms with Gasteiger partial charge in [-0.25, -0.2) is 4.98 Å². The Morgan fingerprint density at radius 1 is 1.06 bits per heavy atom. The maximum absolute atomic E-state index is 13.2. The predicted octanol–water partition coefficient (Wildman–Crippen LogP) is 4.33. The molecule has 8 heteroatoms. The van der Waals surface area contributed by atoms with Gasteiger partial charge < -0.3 is 24.9 Å². The summed E-state index contributed by atoms with van der Waals surface area (Å²) in [4.78, 5) is 30.1. The summed E-state index contributed by atoms with van der Waals surface area (Å²) in [6.45, 7) is 1.19. The number of hydrogen-bond acceptors (Lipinski definition) is 7. The highest BCUT2D eigenvalue weighted by molar-refractivity contribution is 6.06. The monoisotopic (exact) mass is 473 g/mol. The fourth-order valence-corrected chi connectivity index (χ4v) is 3.71. The van der Waals surface area contributed by atoms with Crippen molar-refractivity contribution < 1.29 is 23.5 Å². The molecule has 0 atom stereocenters. The number of nitrogens with one attached hydrogen (secondary N) is 1. The summed E-state index contributed by atoms with van der Waals surface area (Å²) in [5.41, 5.74) is 10.1. The summed E-state index contributed by atoms with van der Waals surface area (Å²) in [6, 6.07) is 18.2. The topological polar surface area (TPSA) is 117 Å². The molecule has 2 aromatic heterocycles. The van der Waals surface area contributed by atoms with E-state index < -0.39 is 5.91 Å². The third-order valence-corrected chi connectivity index (χ3v) is 5.46. The first-order valence-corrected chi connectivity index (χ1v) is 11.3. The van der Waals surface area contributed by atoms with Crippen LogP contribution in [0, 0.1) is 0 Å². The minimum absolute atomic E-state index is 0.0365. The number of esters is 1. The summed E-state index contributed by atoms with van der Waals surface area (Å²) in [5, 5.41) is 3.64. The number of anilines is 1. The van der Waals surface area contributed by atoms with E-state index >= 15 is 0 Å². The highest BCUT2D eigenvalue weighted by Crippen LogP contribution is 2.29. The Bertz CT molecular complexity index is 1330. The Morgan fingerprint density at radius 2 is 1.91 bits per heavy atom. The molecule has 1 amide bonds. The van der Waals surface area contributed by atoms with Gasteiger partial charge in [-0.2, -0.15) is 0 Å². The molecule has 3 N–H and O–H groups in total. The number of furan rings is 1. The third kappa shape index (κ3) is 5.92. The third-order valence-electron chi connectivity index (χ3n) is 5.46. The summed E-state index contributed by atoms with van der Waals surface area (Å²) in [6.07, 6.45) is 2.23. The van der Waals surface area contributed by atoms with Gasteiger partial charge in [0.05, 0.1) is 19.3 Å². The maximum Gasteiger partial charge on any atom is 0.310 e. The van der Waals surface area contributed by atoms with Crippen LogP contribution in [0.1, 0.15) is 28.0 Å². The molecular formula is C27H27N3O5. The first-order valence-electron chi connectivity index (χ1n) is 11.3. The van der Waals surface area contributed by atoms with E-state index in [1.165, 1.54) is 0 Å². The Labute approximate surface area is 203 Å². The summed E-state index contributed by atoms with van der Waals surface area (Å²) in [5.74, 6) is -0.770. The van der Waals surface area contributed by atoms with Crippen LogP contribution in [0.5, 0.6) is 0 Å². The molecule has 0 saturated carbocycles. The second kappa shape index (κ2) is 11.4. The van der Waals surface area contributed by atoms with E-state index in [4.69, 9.17) is 19.6 Å². The molecular weight excluding hydrogens is 446 g/mol. The number of nitrogens with two attached hydrogens (primary N) is 1. The number of rotatable bonds is 10. The molecule has 180 valence electrons. The second-order valence-electron chi connectivity index (χ2n) is 7.95. The minimum atomic E-state index is -0.398. The van der Waals surface area contributed by atoms with Crippen molar-refractivity contribution in [2.24, 2.45) is 5.73 Å². The summed E-state index contributed by atoms with van der Waals surface area (Å²) >= 11 is 0. The lowest BCUT2D eigenvalue weighted by Crippen LogP contribution is -2.17. The van der Waals surface area contributed by atoms with E-state index in [1.54, 1.807) is 43.7 Å². The van der Waals surface area contributed by atoms with Crippen LogP contribution in [0.15, 0.2) is 71.3 Å². The van der Waals surface area contributed by atoms with Crippen molar-refractivity contribution in [3.8, 4) is 11.3 Å². The van der Waals surface area contributed by atoms with Gasteiger partial charge in [0.2, 0.25) is 0 Å². The molecule has 0 saturated heterocycles. The number of methoxy groups -OCH3 is 1. The van der Waals surface area contributed by atoms with Crippen molar-refractivity contribution in [2.75, 3.05) is 25.6 Å². The molecule has 0 unspecified atom stereocenters. The van der Waals surface area contributed by atoms with Crippen molar-refractivity contribution in [2.45, 2.75) is 19.4 Å². The van der Waals surface area contributed by atoms with E-state index in [9.17, 15) is 9.59 Å². The fourth-order valence-electron chi connectivity index (χ4n) is 3.71. The van der Waals surface area contributed by atoms with Crippen LogP contribution in [-0.2, 0) is 27.2 Å². The van der Waals surface area contributed by atoms with Crippen LogP contribution in [0.3, 0.4) is 0 Å². The molecule has 0 aliphatic rings. The van der Waals surface area contributed by atoms with E-state index in [2.05, 4.69) is 10.3 Å². The first kappa shape index (κ1) is 24.1. The van der Waals surface area contributed by atoms with Crippen molar-refractivity contribution in [3.63, 3.8) is 0 Å². The second-order valence-corrected chi connectivity index (χ2v) is 7.95. The number of hydrogen-bond donors (Lipinski definition) is 2. The Morgan fingerprint density at radius 3 is 2.74 bits per heavy atom. The lowest BCUT2D eigenvalue weighted by atomic mass is 10.1. The van der Waals surface area contributed by atoms with Crippen LogP contribution in [0.2, 0.25) is 0 Å². The van der Waals surface area contributed by atoms with Gasteiger partial charge in [-0.1, -0.05) is 36.4 Å². The zero-order valence-electron chi connectivity index (χ0n) is 19.5. The zero-order valence-corrected chi connectivity index (χ0v) is 19.5. The number of nitrogens with zero attached hydrogens (tertiary/aromatic N) is 1. The lowest BCUT2D eigenvalue weighted by Gasteiger charge is -2.12. The molecule has 0 aliphatic heterocycles. The quantitative estimate of drug-likeness (QED) is 0.260. The van der Waals surface area contributed by atoms with Crippen molar-refractivity contribution in [3.05, 3.63) is 83.7 Å². The van der Waals surface area contributed by atoms with Crippen molar-refractivity contribution >= 4 is 28.5 Å². The first-order chi connectivity index (χ1) is 17.1. The Hall–Kier alpha value is -4.01. The standard InChI is InChI=1S/C27H27N3O5/c1-33-11-5-12-34-24(31)16-19-7-2-3-9-22(19)30-27(32)23-15-21-10-13-35-26(21)25(29-23)20-8-4-6-18(14-20)17-28/h2-4,6-10,13-15H,5,11-12,16-17,28H2,1H3,(H,30,32). The molecule has 0 radical (unpaired) electrons. The molecule has 2 aromatic carbocycles. The van der Waals surface area contributed by atoms with E-state index in [1.807, 2.05) is 30.3 Å². The average molecular weight is 474 g/mol. The normalized spacial score (nSPS) is 10.9. The van der Waals surface area contributed by atoms with Gasteiger partial charge >= 0.3 is 5.97 Å². The van der Waals surface area contributed by atoms with Gasteiger partial charge in [0.1, 0.15) is 11.4 Å². The SMILES string of the molecule is COCCCOC(=O)Cc1ccccc1NC(=O)c1cc2ccoc2c(-c2cccc(CN)c2)n1. The molecule has 0 fully saturated rings. The van der Waals surface area contributed by atoms with Crippen LogP contribution in [0.4, 0.5) is 5.69 Å². The number of fused-ring (bicyclic) bond motifs is 1. The van der Waals surface area contributed by atoms with Gasteiger partial charge in [-0.05, 0) is 35.4 Å². The zero-order chi connectivity index (χ0) is 24.6. The smallest absolute Gasteiger partial charge is 0.310 e. The maximum atomic E-state index is 13.2. The molecule has 4 aromatic rings. The summed E-state index contributed by atoms with van der Waals surface area (Å²) in [7, 11) is 1.60. The number of benzene rings is 2. The van der Waals surface area contributed by atoms with Crippen molar-refractivity contribution in [1.29, 1.82) is 0 Å². The van der Waals surface area contributed by atoms with Crippen LogP contribution < -0.4 is 11.1 Å². The largest absolute Gasteiger partial charge is 0.465 e. The number of aromatic nitrogens is 1. The van der Waals surface area contributed by atoms with E-state index in [-0.39, 0.29) is 24.7 Å². The number of carbonyl (C=O) groups is 2. The molecule has 2 heterocycles. The van der Waals surface area contributed by atoms with Gasteiger partial charge in [0, 0.05) is 43.3 Å². The predicted molar refractivity (Wildman–Crippen MR) is 133 cm³/mol. The van der Waals surface area contributed by atoms with Gasteiger partial charge in [-0.15, -0.1) is 0 Å². The van der Waals surface area contributed by atoms with Crippen LogP contribution in [0.25, 0.3) is 22.2 Å². The molecule has 8 nitrogen and oxygen atoms in total. The number of para-hydroxylation sites is 1. The summed E-state index contributed by atoms with van der Waals surface area (Å²) < 4.78 is 15.9. The average Bonchev–Trinajstić information content (AvgIpc) is 3.36. The van der Waals surface area contributed by atoms with Gasteiger partial charge in [0.15, 0.2) is 5.58 Å². The fraction of sp³-hybridized carbons (Fsp3) is 0.222. The number of ether oxygens (including phenoxy) is 2. The minimum Gasteiger partial charge on any atom is -0.465 e. The Kier molecular flexibility index (Phi) is 7.87. The van der Waals surface area contributed by atoms with Gasteiger partial charge in [-0.3, -0.25) is 9.59 Å².